The molecule has 35 heavy (non-hydrogen) atoms. The van der Waals surface area contributed by atoms with Crippen LogP contribution in [0.1, 0.15) is 13.3 Å². The smallest absolute Gasteiger partial charge is 0.238 e. The van der Waals surface area contributed by atoms with Crippen molar-refractivity contribution in [2.24, 2.45) is 0 Å². The van der Waals surface area contributed by atoms with Crippen LogP contribution >= 0.6 is 0 Å². The summed E-state index contributed by atoms with van der Waals surface area (Å²) in [6, 6.07) is 16.8. The van der Waals surface area contributed by atoms with E-state index in [2.05, 4.69) is 34.1 Å². The van der Waals surface area contributed by atoms with Crippen molar-refractivity contribution in [2.75, 3.05) is 62.5 Å². The normalized spacial score (nSPS) is 27.2. The molecule has 4 saturated heterocycles. The van der Waals surface area contributed by atoms with Gasteiger partial charge in [0, 0.05) is 44.5 Å². The maximum Gasteiger partial charge on any atom is 0.238 e. The van der Waals surface area contributed by atoms with Gasteiger partial charge in [-0.05, 0) is 55.0 Å². The van der Waals surface area contributed by atoms with Crippen LogP contribution in [0.2, 0.25) is 0 Å². The van der Waals surface area contributed by atoms with Crippen molar-refractivity contribution in [1.29, 1.82) is 0 Å². The lowest BCUT2D eigenvalue weighted by Crippen LogP contribution is -2.38. The number of nitrogens with zero attached hydrogens (tertiary/aromatic N) is 2. The van der Waals surface area contributed by atoms with Gasteiger partial charge >= 0.3 is 0 Å². The molecule has 8 heteroatoms. The molecule has 0 bridgehead atoms. The minimum atomic E-state index is -0.415. The average Bonchev–Trinajstić information content (AvgIpc) is 3.77. The van der Waals surface area contributed by atoms with Gasteiger partial charge in [-0.2, -0.15) is 0 Å². The summed E-state index contributed by atoms with van der Waals surface area (Å²) in [5, 5.41) is 0. The van der Waals surface area contributed by atoms with E-state index in [1.165, 1.54) is 5.69 Å². The van der Waals surface area contributed by atoms with Crippen molar-refractivity contribution in [3.05, 3.63) is 48.5 Å². The van der Waals surface area contributed by atoms with Crippen LogP contribution in [-0.4, -0.2) is 83.3 Å². The Morgan fingerprint density at radius 3 is 1.74 bits per heavy atom. The van der Waals surface area contributed by atoms with Gasteiger partial charge in [0.25, 0.3) is 0 Å². The zero-order chi connectivity index (χ0) is 23.6. The van der Waals surface area contributed by atoms with E-state index >= 15 is 0 Å². The summed E-state index contributed by atoms with van der Waals surface area (Å²) in [5.41, 5.74) is 2.33. The fourth-order valence-electron chi connectivity index (χ4n) is 4.61. The molecular formula is C27H34N2O6. The standard InChI is InChI=1S/C27H34N2O6/c1-19(34-23-6-2-20(3-7-23)28(12-25-16-31-25)13-26-17-32-26)35-24-8-4-21(5-9-24)29(14-27-18-33-27)22-10-11-30-15-22/h2-9,19,22,25-27H,10-18H2,1H3. The third kappa shape index (κ3) is 6.38. The summed E-state index contributed by atoms with van der Waals surface area (Å²) in [7, 11) is 0. The van der Waals surface area contributed by atoms with Crippen LogP contribution in [0.3, 0.4) is 0 Å². The highest BCUT2D eigenvalue weighted by Gasteiger charge is 2.32. The van der Waals surface area contributed by atoms with Crippen molar-refractivity contribution >= 4 is 11.4 Å². The van der Waals surface area contributed by atoms with Gasteiger partial charge < -0.3 is 38.2 Å². The first-order valence-corrected chi connectivity index (χ1v) is 12.7. The second kappa shape index (κ2) is 10.2. The topological polar surface area (TPSA) is 71.8 Å². The van der Waals surface area contributed by atoms with E-state index < -0.39 is 6.29 Å². The molecule has 4 aliphatic heterocycles. The van der Waals surface area contributed by atoms with Crippen molar-refractivity contribution in [3.63, 3.8) is 0 Å². The minimum absolute atomic E-state index is 0.336. The molecule has 5 unspecified atom stereocenters. The molecule has 188 valence electrons. The molecule has 6 rings (SSSR count). The predicted molar refractivity (Wildman–Crippen MR) is 132 cm³/mol. The summed E-state index contributed by atoms with van der Waals surface area (Å²) in [6.45, 7) is 8.76. The van der Waals surface area contributed by atoms with Crippen LogP contribution in [0.5, 0.6) is 11.5 Å². The summed E-state index contributed by atoms with van der Waals surface area (Å²) in [6.07, 6.45) is 1.65. The molecule has 0 aromatic heterocycles. The van der Waals surface area contributed by atoms with Gasteiger partial charge in [0.1, 0.15) is 11.5 Å². The molecule has 0 spiro atoms. The van der Waals surface area contributed by atoms with Gasteiger partial charge in [0.15, 0.2) is 0 Å². The van der Waals surface area contributed by atoms with E-state index in [1.54, 1.807) is 0 Å². The lowest BCUT2D eigenvalue weighted by molar-refractivity contribution is 0.0223. The van der Waals surface area contributed by atoms with E-state index in [9.17, 15) is 0 Å². The quantitative estimate of drug-likeness (QED) is 0.319. The van der Waals surface area contributed by atoms with E-state index in [0.717, 1.165) is 76.3 Å². The average molecular weight is 483 g/mol. The van der Waals surface area contributed by atoms with Crippen LogP contribution in [0.4, 0.5) is 11.4 Å². The first-order chi connectivity index (χ1) is 17.2. The summed E-state index contributed by atoms with van der Waals surface area (Å²) in [5.74, 6) is 1.56. The van der Waals surface area contributed by atoms with E-state index in [4.69, 9.17) is 28.4 Å². The molecule has 0 N–H and O–H groups in total. The van der Waals surface area contributed by atoms with Crippen LogP contribution in [-0.2, 0) is 18.9 Å². The van der Waals surface area contributed by atoms with Crippen molar-refractivity contribution in [2.45, 2.75) is 44.0 Å². The molecule has 4 aliphatic rings. The van der Waals surface area contributed by atoms with Gasteiger partial charge in [-0.15, -0.1) is 0 Å². The van der Waals surface area contributed by atoms with E-state index in [-0.39, 0.29) is 0 Å². The third-order valence-corrected chi connectivity index (χ3v) is 6.78. The summed E-state index contributed by atoms with van der Waals surface area (Å²) >= 11 is 0. The molecule has 5 atom stereocenters. The van der Waals surface area contributed by atoms with E-state index in [0.29, 0.717) is 24.4 Å². The Balaban J connectivity index is 1.03. The van der Waals surface area contributed by atoms with Gasteiger partial charge in [0.05, 0.1) is 50.8 Å². The molecule has 8 nitrogen and oxygen atoms in total. The Morgan fingerprint density at radius 1 is 0.743 bits per heavy atom. The minimum Gasteiger partial charge on any atom is -0.455 e. The lowest BCUT2D eigenvalue weighted by atomic mass is 10.1. The first-order valence-electron chi connectivity index (χ1n) is 12.7. The number of rotatable bonds is 13. The Morgan fingerprint density at radius 2 is 1.26 bits per heavy atom. The van der Waals surface area contributed by atoms with Crippen molar-refractivity contribution in [3.8, 4) is 11.5 Å². The Labute approximate surface area is 206 Å². The van der Waals surface area contributed by atoms with Gasteiger partial charge in [-0.25, -0.2) is 0 Å². The molecule has 0 saturated carbocycles. The van der Waals surface area contributed by atoms with E-state index in [1.807, 2.05) is 31.2 Å². The predicted octanol–water partition coefficient (Wildman–Crippen LogP) is 3.09. The molecule has 2 aromatic rings. The zero-order valence-electron chi connectivity index (χ0n) is 20.2. The largest absolute Gasteiger partial charge is 0.455 e. The first kappa shape index (κ1) is 22.9. The number of anilines is 2. The van der Waals surface area contributed by atoms with Crippen LogP contribution < -0.4 is 19.3 Å². The highest BCUT2D eigenvalue weighted by atomic mass is 16.7. The van der Waals surface area contributed by atoms with Crippen molar-refractivity contribution < 1.29 is 28.4 Å². The monoisotopic (exact) mass is 482 g/mol. The number of epoxide rings is 3. The van der Waals surface area contributed by atoms with Gasteiger partial charge in [0.2, 0.25) is 6.29 Å². The number of benzene rings is 2. The summed E-state index contributed by atoms with van der Waals surface area (Å²) in [4.78, 5) is 4.74. The maximum absolute atomic E-state index is 6.04. The highest BCUT2D eigenvalue weighted by Crippen LogP contribution is 2.28. The fraction of sp³-hybridized carbons (Fsp3) is 0.556. The molecular weight excluding hydrogens is 448 g/mol. The number of hydrogen-bond acceptors (Lipinski definition) is 8. The fourth-order valence-corrected chi connectivity index (χ4v) is 4.61. The van der Waals surface area contributed by atoms with Crippen LogP contribution in [0.15, 0.2) is 48.5 Å². The zero-order valence-corrected chi connectivity index (χ0v) is 20.2. The molecule has 4 heterocycles. The van der Waals surface area contributed by atoms with Crippen molar-refractivity contribution in [1.82, 2.24) is 0 Å². The molecule has 2 aromatic carbocycles. The second-order valence-corrected chi connectivity index (χ2v) is 9.73. The Hall–Kier alpha value is -2.52. The number of hydrogen-bond donors (Lipinski definition) is 0. The third-order valence-electron chi connectivity index (χ3n) is 6.78. The molecule has 0 radical (unpaired) electrons. The SMILES string of the molecule is CC(Oc1ccc(N(CC2CO2)CC2CO2)cc1)Oc1ccc(N(CC2CO2)C2CCOC2)cc1. The Bertz CT molecular complexity index is 939. The Kier molecular flexibility index (Phi) is 6.69. The molecule has 0 amide bonds. The maximum atomic E-state index is 6.04. The summed E-state index contributed by atoms with van der Waals surface area (Å²) < 4.78 is 34.0. The van der Waals surface area contributed by atoms with Gasteiger partial charge in [-0.1, -0.05) is 0 Å². The molecule has 0 aliphatic carbocycles. The lowest BCUT2D eigenvalue weighted by Gasteiger charge is -2.30. The molecule has 4 fully saturated rings. The van der Waals surface area contributed by atoms with Crippen LogP contribution in [0, 0.1) is 0 Å². The highest BCUT2D eigenvalue weighted by molar-refractivity contribution is 5.51. The second-order valence-electron chi connectivity index (χ2n) is 9.73. The number of ether oxygens (including phenoxy) is 6. The van der Waals surface area contributed by atoms with Crippen LogP contribution in [0.25, 0.3) is 0 Å². The van der Waals surface area contributed by atoms with Gasteiger partial charge in [-0.3, -0.25) is 0 Å².